The molecule has 0 spiro atoms. The zero-order valence-corrected chi connectivity index (χ0v) is 10.7. The van der Waals surface area contributed by atoms with Crippen molar-refractivity contribution in [2.24, 2.45) is 0 Å². The second-order valence-electron chi connectivity index (χ2n) is 4.27. The molecule has 0 aliphatic rings. The molecule has 0 aliphatic heterocycles. The van der Waals surface area contributed by atoms with Crippen molar-refractivity contribution in [1.82, 2.24) is 0 Å². The highest BCUT2D eigenvalue weighted by atomic mass is 16.4. The van der Waals surface area contributed by atoms with Crippen LogP contribution in [0.3, 0.4) is 0 Å². The van der Waals surface area contributed by atoms with Crippen molar-refractivity contribution in [3.63, 3.8) is 0 Å². The molecule has 1 aromatic rings. The Bertz CT molecular complexity index is 417. The first kappa shape index (κ1) is 14.1. The number of aryl methyl sites for hydroxylation is 1. The summed E-state index contributed by atoms with van der Waals surface area (Å²) in [6, 6.07) is 8.11. The highest BCUT2D eigenvalue weighted by Crippen LogP contribution is 2.16. The second kappa shape index (κ2) is 7.39. The molecule has 1 aromatic carbocycles. The summed E-state index contributed by atoms with van der Waals surface area (Å²) < 4.78 is 0. The summed E-state index contributed by atoms with van der Waals surface area (Å²) in [6.07, 6.45) is 6.97. The van der Waals surface area contributed by atoms with Gasteiger partial charge in [-0.3, -0.25) is 4.79 Å². The molecule has 3 nitrogen and oxygen atoms in total. The second-order valence-corrected chi connectivity index (χ2v) is 4.27. The molecule has 96 valence electrons. The molecule has 0 amide bonds. The number of terminal acetylenes is 1. The van der Waals surface area contributed by atoms with Crippen molar-refractivity contribution < 1.29 is 9.90 Å². The summed E-state index contributed by atoms with van der Waals surface area (Å²) in [7, 11) is 0. The van der Waals surface area contributed by atoms with E-state index in [0.29, 0.717) is 6.54 Å². The summed E-state index contributed by atoms with van der Waals surface area (Å²) in [5, 5.41) is 8.77. The fraction of sp³-hybridized carbons (Fsp3) is 0.400. The van der Waals surface area contributed by atoms with E-state index in [-0.39, 0.29) is 6.42 Å². The third kappa shape index (κ3) is 4.92. The molecule has 1 N–H and O–H groups in total. The Kier molecular flexibility index (Phi) is 5.79. The normalized spacial score (nSPS) is 9.78. The van der Waals surface area contributed by atoms with Gasteiger partial charge < -0.3 is 10.0 Å². The summed E-state index contributed by atoms with van der Waals surface area (Å²) in [5.74, 6) is 1.83. The van der Waals surface area contributed by atoms with Gasteiger partial charge in [0.15, 0.2) is 0 Å². The van der Waals surface area contributed by atoms with E-state index >= 15 is 0 Å². The molecule has 0 unspecified atom stereocenters. The lowest BCUT2D eigenvalue weighted by Crippen LogP contribution is -2.27. The van der Waals surface area contributed by atoms with Gasteiger partial charge in [0.1, 0.15) is 0 Å². The Hall–Kier alpha value is -1.95. The van der Waals surface area contributed by atoms with Crippen molar-refractivity contribution in [3.8, 4) is 12.3 Å². The first-order chi connectivity index (χ1) is 8.63. The highest BCUT2D eigenvalue weighted by Gasteiger charge is 2.08. The third-order valence-electron chi connectivity index (χ3n) is 2.74. The smallest absolute Gasteiger partial charge is 0.305 e. The van der Waals surface area contributed by atoms with E-state index < -0.39 is 5.97 Å². The van der Waals surface area contributed by atoms with Gasteiger partial charge >= 0.3 is 5.97 Å². The van der Waals surface area contributed by atoms with Gasteiger partial charge in [-0.2, -0.15) is 0 Å². The molecule has 0 radical (unpaired) electrons. The van der Waals surface area contributed by atoms with E-state index in [9.17, 15) is 4.79 Å². The van der Waals surface area contributed by atoms with Gasteiger partial charge in [-0.05, 0) is 25.5 Å². The van der Waals surface area contributed by atoms with Gasteiger partial charge in [-0.15, -0.1) is 12.3 Å². The van der Waals surface area contributed by atoms with Gasteiger partial charge in [-0.25, -0.2) is 0 Å². The lowest BCUT2D eigenvalue weighted by molar-refractivity contribution is -0.136. The van der Waals surface area contributed by atoms with E-state index in [1.54, 1.807) is 0 Å². The molecule has 0 aromatic heterocycles. The maximum atomic E-state index is 10.7. The van der Waals surface area contributed by atoms with E-state index in [0.717, 1.165) is 25.1 Å². The number of carboxylic acid groups (broad SMARTS) is 1. The minimum Gasteiger partial charge on any atom is -0.481 e. The zero-order valence-electron chi connectivity index (χ0n) is 10.7. The first-order valence-corrected chi connectivity index (χ1v) is 6.10. The number of rotatable bonds is 7. The number of hydrogen-bond acceptors (Lipinski definition) is 2. The van der Waals surface area contributed by atoms with Gasteiger partial charge in [0.05, 0.1) is 6.42 Å². The molecule has 0 saturated heterocycles. The van der Waals surface area contributed by atoms with Crippen LogP contribution in [0.25, 0.3) is 0 Å². The van der Waals surface area contributed by atoms with Gasteiger partial charge in [0.2, 0.25) is 0 Å². The number of carboxylic acids is 1. The van der Waals surface area contributed by atoms with Crippen LogP contribution >= 0.6 is 0 Å². The van der Waals surface area contributed by atoms with Gasteiger partial charge in [-0.1, -0.05) is 17.7 Å². The van der Waals surface area contributed by atoms with Crippen LogP contribution in [0.4, 0.5) is 5.69 Å². The monoisotopic (exact) mass is 245 g/mol. The molecule has 0 fully saturated rings. The molecule has 0 saturated carbocycles. The maximum absolute atomic E-state index is 10.7. The molecule has 0 atom stereocenters. The Morgan fingerprint density at radius 2 is 2.00 bits per heavy atom. The number of anilines is 1. The van der Waals surface area contributed by atoms with Crippen LogP contribution in [0.1, 0.15) is 24.8 Å². The van der Waals surface area contributed by atoms with Crippen LogP contribution in [-0.4, -0.2) is 24.2 Å². The highest BCUT2D eigenvalue weighted by molar-refractivity contribution is 5.67. The lowest BCUT2D eigenvalue weighted by atomic mass is 10.2. The molecule has 18 heavy (non-hydrogen) atoms. The maximum Gasteiger partial charge on any atom is 0.305 e. The van der Waals surface area contributed by atoms with Gasteiger partial charge in [0.25, 0.3) is 0 Å². The van der Waals surface area contributed by atoms with E-state index in [4.69, 9.17) is 11.5 Å². The molecular formula is C15H19NO2. The van der Waals surface area contributed by atoms with Crippen LogP contribution in [0.2, 0.25) is 0 Å². The third-order valence-corrected chi connectivity index (χ3v) is 2.74. The topological polar surface area (TPSA) is 40.5 Å². The number of aliphatic carboxylic acids is 1. The average Bonchev–Trinajstić information content (AvgIpc) is 2.34. The van der Waals surface area contributed by atoms with Crippen molar-refractivity contribution >= 4 is 11.7 Å². The summed E-state index contributed by atoms with van der Waals surface area (Å²) >= 11 is 0. The molecule has 1 rings (SSSR count). The summed E-state index contributed by atoms with van der Waals surface area (Å²) in [4.78, 5) is 12.7. The molecule has 3 heteroatoms. The summed E-state index contributed by atoms with van der Waals surface area (Å²) in [5.41, 5.74) is 2.25. The number of carbonyl (C=O) groups is 1. The predicted molar refractivity (Wildman–Crippen MR) is 73.7 cm³/mol. The standard InChI is InChI=1S/C15H19NO2/c1-3-4-5-11-16(12-10-15(17)18)14-8-6-13(2)7-9-14/h1,6-9H,4-5,10-12H2,2H3,(H,17,18). The first-order valence-electron chi connectivity index (χ1n) is 6.10. The molecular weight excluding hydrogens is 226 g/mol. The minimum absolute atomic E-state index is 0.143. The van der Waals surface area contributed by atoms with Crippen LogP contribution in [0.15, 0.2) is 24.3 Å². The number of benzene rings is 1. The largest absolute Gasteiger partial charge is 0.481 e. The lowest BCUT2D eigenvalue weighted by Gasteiger charge is -2.24. The van der Waals surface area contributed by atoms with Crippen molar-refractivity contribution in [3.05, 3.63) is 29.8 Å². The minimum atomic E-state index is -0.774. The van der Waals surface area contributed by atoms with Crippen molar-refractivity contribution in [1.29, 1.82) is 0 Å². The number of hydrogen-bond donors (Lipinski definition) is 1. The van der Waals surface area contributed by atoms with Crippen LogP contribution in [0.5, 0.6) is 0 Å². The van der Waals surface area contributed by atoms with Gasteiger partial charge in [0, 0.05) is 25.2 Å². The predicted octanol–water partition coefficient (Wildman–Crippen LogP) is 2.69. The number of unbranched alkanes of at least 4 members (excludes halogenated alkanes) is 1. The average molecular weight is 245 g/mol. The molecule has 0 bridgehead atoms. The Labute approximate surface area is 108 Å². The zero-order chi connectivity index (χ0) is 13.4. The Morgan fingerprint density at radius 3 is 2.56 bits per heavy atom. The van der Waals surface area contributed by atoms with E-state index in [2.05, 4.69) is 10.8 Å². The van der Waals surface area contributed by atoms with E-state index in [1.807, 2.05) is 31.2 Å². The van der Waals surface area contributed by atoms with Crippen LogP contribution in [0, 0.1) is 19.3 Å². The quantitative estimate of drug-likeness (QED) is 0.593. The van der Waals surface area contributed by atoms with Crippen LogP contribution in [-0.2, 0) is 4.79 Å². The van der Waals surface area contributed by atoms with Crippen molar-refractivity contribution in [2.75, 3.05) is 18.0 Å². The Morgan fingerprint density at radius 1 is 1.33 bits per heavy atom. The molecule has 0 heterocycles. The SMILES string of the molecule is C#CCCCN(CCC(=O)O)c1ccc(C)cc1. The Balaban J connectivity index is 2.66. The van der Waals surface area contributed by atoms with Crippen molar-refractivity contribution in [2.45, 2.75) is 26.2 Å². The number of nitrogens with zero attached hydrogens (tertiary/aromatic N) is 1. The fourth-order valence-corrected chi connectivity index (χ4v) is 1.73. The molecule has 0 aliphatic carbocycles. The fourth-order valence-electron chi connectivity index (χ4n) is 1.73. The van der Waals surface area contributed by atoms with E-state index in [1.165, 1.54) is 5.56 Å². The van der Waals surface area contributed by atoms with Crippen LogP contribution < -0.4 is 4.90 Å². The summed E-state index contributed by atoms with van der Waals surface area (Å²) in [6.45, 7) is 3.34.